The Kier molecular flexibility index (Phi) is 4.01. The van der Waals surface area contributed by atoms with Crippen molar-refractivity contribution in [1.29, 1.82) is 0 Å². The monoisotopic (exact) mass is 341 g/mol. The van der Waals surface area contributed by atoms with Crippen molar-refractivity contribution in [1.82, 2.24) is 15.5 Å². The lowest BCUT2D eigenvalue weighted by Crippen LogP contribution is -2.31. The normalized spacial score (nSPS) is 17.3. The quantitative estimate of drug-likeness (QED) is 0.784. The second kappa shape index (κ2) is 6.33. The maximum absolute atomic E-state index is 12.2. The molecular formula is C18H19N3O4. The summed E-state index contributed by atoms with van der Waals surface area (Å²) in [6.07, 6.45) is 2.04. The highest BCUT2D eigenvalue weighted by molar-refractivity contribution is 5.90. The predicted molar refractivity (Wildman–Crippen MR) is 90.3 cm³/mol. The number of aryl methyl sites for hydroxylation is 2. The number of nitrogens with zero attached hydrogens (tertiary/aromatic N) is 2. The van der Waals surface area contributed by atoms with E-state index in [4.69, 9.17) is 13.7 Å². The number of benzene rings is 1. The molecule has 1 aliphatic rings. The molecule has 1 aromatic carbocycles. The lowest BCUT2D eigenvalue weighted by Gasteiger charge is -2.08. The number of carbonyl (C=O) groups excluding carboxylic acids is 1. The number of fused-ring (bicyclic) bond motifs is 1. The van der Waals surface area contributed by atoms with Gasteiger partial charge in [-0.1, -0.05) is 16.8 Å². The first-order chi connectivity index (χ1) is 12.1. The Labute approximate surface area is 144 Å². The number of rotatable bonds is 4. The molecule has 0 unspecified atom stereocenters. The molecule has 0 spiro atoms. The SMILES string of the molecule is Cc1ccc2oc(-c3noc(C(=O)NC[C@H]4CCCO4)n3)c(C)c2c1. The lowest BCUT2D eigenvalue weighted by atomic mass is 10.1. The fourth-order valence-electron chi connectivity index (χ4n) is 3.04. The first kappa shape index (κ1) is 15.8. The van der Waals surface area contributed by atoms with Crippen LogP contribution in [0.3, 0.4) is 0 Å². The van der Waals surface area contributed by atoms with E-state index in [-0.39, 0.29) is 17.8 Å². The van der Waals surface area contributed by atoms with Crippen LogP contribution in [0.2, 0.25) is 0 Å². The van der Waals surface area contributed by atoms with Gasteiger partial charge in [-0.05, 0) is 38.8 Å². The molecule has 1 atom stereocenters. The largest absolute Gasteiger partial charge is 0.452 e. The molecule has 1 amide bonds. The van der Waals surface area contributed by atoms with Crippen molar-refractivity contribution in [2.75, 3.05) is 13.2 Å². The molecule has 25 heavy (non-hydrogen) atoms. The Morgan fingerprint density at radius 3 is 3.04 bits per heavy atom. The van der Waals surface area contributed by atoms with Gasteiger partial charge in [0, 0.05) is 24.1 Å². The minimum Gasteiger partial charge on any atom is -0.452 e. The zero-order valence-electron chi connectivity index (χ0n) is 14.2. The highest BCUT2D eigenvalue weighted by atomic mass is 16.5. The second-order valence-electron chi connectivity index (χ2n) is 6.32. The summed E-state index contributed by atoms with van der Waals surface area (Å²) in [5.41, 5.74) is 2.82. The summed E-state index contributed by atoms with van der Waals surface area (Å²) in [7, 11) is 0. The van der Waals surface area contributed by atoms with E-state index >= 15 is 0 Å². The van der Waals surface area contributed by atoms with E-state index in [0.717, 1.165) is 41.5 Å². The van der Waals surface area contributed by atoms with Crippen LogP contribution in [-0.4, -0.2) is 35.3 Å². The average Bonchev–Trinajstić information content (AvgIpc) is 3.33. The van der Waals surface area contributed by atoms with Crippen molar-refractivity contribution in [3.8, 4) is 11.6 Å². The molecule has 0 radical (unpaired) electrons. The maximum atomic E-state index is 12.2. The number of hydrogen-bond donors (Lipinski definition) is 1. The molecule has 1 N–H and O–H groups in total. The average molecular weight is 341 g/mol. The third kappa shape index (κ3) is 3.02. The van der Waals surface area contributed by atoms with Gasteiger partial charge in [0.2, 0.25) is 5.82 Å². The van der Waals surface area contributed by atoms with Crippen molar-refractivity contribution in [2.45, 2.75) is 32.8 Å². The number of aromatic nitrogens is 2. The first-order valence-corrected chi connectivity index (χ1v) is 8.35. The van der Waals surface area contributed by atoms with Gasteiger partial charge in [0.25, 0.3) is 0 Å². The van der Waals surface area contributed by atoms with Crippen molar-refractivity contribution in [3.63, 3.8) is 0 Å². The third-order valence-electron chi connectivity index (χ3n) is 4.43. The summed E-state index contributed by atoms with van der Waals surface area (Å²) in [6.45, 7) is 5.15. The number of carbonyl (C=O) groups is 1. The highest BCUT2D eigenvalue weighted by Crippen LogP contribution is 2.31. The van der Waals surface area contributed by atoms with Gasteiger partial charge in [0.1, 0.15) is 5.58 Å². The fraction of sp³-hybridized carbons (Fsp3) is 0.389. The van der Waals surface area contributed by atoms with Crippen LogP contribution >= 0.6 is 0 Å². The van der Waals surface area contributed by atoms with E-state index in [1.165, 1.54) is 0 Å². The molecule has 1 saturated heterocycles. The molecule has 0 aliphatic carbocycles. The minimum absolute atomic E-state index is 0.0622. The van der Waals surface area contributed by atoms with Crippen LogP contribution in [0.5, 0.6) is 0 Å². The van der Waals surface area contributed by atoms with E-state index in [1.807, 2.05) is 32.0 Å². The molecular weight excluding hydrogens is 322 g/mol. The zero-order chi connectivity index (χ0) is 17.4. The smallest absolute Gasteiger partial charge is 0.316 e. The van der Waals surface area contributed by atoms with Gasteiger partial charge in [-0.3, -0.25) is 4.79 Å². The third-order valence-corrected chi connectivity index (χ3v) is 4.43. The number of hydrogen-bond acceptors (Lipinski definition) is 6. The Morgan fingerprint density at radius 2 is 2.24 bits per heavy atom. The molecule has 4 rings (SSSR count). The van der Waals surface area contributed by atoms with Gasteiger partial charge in [-0.2, -0.15) is 4.98 Å². The minimum atomic E-state index is -0.404. The van der Waals surface area contributed by atoms with Crippen LogP contribution in [0, 0.1) is 13.8 Å². The summed E-state index contributed by atoms with van der Waals surface area (Å²) < 4.78 is 16.4. The molecule has 0 saturated carbocycles. The molecule has 130 valence electrons. The Morgan fingerprint density at radius 1 is 1.36 bits per heavy atom. The van der Waals surface area contributed by atoms with Crippen LogP contribution in [0.25, 0.3) is 22.6 Å². The van der Waals surface area contributed by atoms with Gasteiger partial charge < -0.3 is 19.0 Å². The molecule has 3 aromatic rings. The van der Waals surface area contributed by atoms with E-state index in [0.29, 0.717) is 12.3 Å². The molecule has 3 heterocycles. The van der Waals surface area contributed by atoms with Crippen LogP contribution < -0.4 is 5.32 Å². The van der Waals surface area contributed by atoms with Crippen LogP contribution in [0.4, 0.5) is 0 Å². The van der Waals surface area contributed by atoms with Crippen molar-refractivity contribution in [2.24, 2.45) is 0 Å². The van der Waals surface area contributed by atoms with Gasteiger partial charge in [-0.15, -0.1) is 0 Å². The van der Waals surface area contributed by atoms with Crippen LogP contribution in [0.15, 0.2) is 27.1 Å². The molecule has 7 heteroatoms. The zero-order valence-corrected chi connectivity index (χ0v) is 14.2. The summed E-state index contributed by atoms with van der Waals surface area (Å²) in [5.74, 6) is 0.305. The van der Waals surface area contributed by atoms with E-state index in [9.17, 15) is 4.79 Å². The molecule has 2 aromatic heterocycles. The van der Waals surface area contributed by atoms with Gasteiger partial charge in [-0.25, -0.2) is 0 Å². The van der Waals surface area contributed by atoms with Gasteiger partial charge >= 0.3 is 11.8 Å². The van der Waals surface area contributed by atoms with Crippen molar-refractivity contribution < 1.29 is 18.5 Å². The topological polar surface area (TPSA) is 90.4 Å². The summed E-state index contributed by atoms with van der Waals surface area (Å²) >= 11 is 0. The Balaban J connectivity index is 1.54. The first-order valence-electron chi connectivity index (χ1n) is 8.35. The second-order valence-corrected chi connectivity index (χ2v) is 6.32. The van der Waals surface area contributed by atoms with Gasteiger partial charge in [0.05, 0.1) is 6.10 Å². The molecule has 1 aliphatic heterocycles. The summed E-state index contributed by atoms with van der Waals surface area (Å²) in [4.78, 5) is 16.3. The van der Waals surface area contributed by atoms with E-state index in [2.05, 4.69) is 15.5 Å². The van der Waals surface area contributed by atoms with Crippen molar-refractivity contribution in [3.05, 3.63) is 35.2 Å². The molecule has 0 bridgehead atoms. The number of ether oxygens (including phenoxy) is 1. The molecule has 7 nitrogen and oxygen atoms in total. The maximum Gasteiger partial charge on any atom is 0.316 e. The number of amides is 1. The highest BCUT2D eigenvalue weighted by Gasteiger charge is 2.22. The van der Waals surface area contributed by atoms with Crippen LogP contribution in [0.1, 0.15) is 34.7 Å². The van der Waals surface area contributed by atoms with E-state index in [1.54, 1.807) is 0 Å². The lowest BCUT2D eigenvalue weighted by molar-refractivity contribution is 0.0822. The Bertz CT molecular complexity index is 922. The summed E-state index contributed by atoms with van der Waals surface area (Å²) in [6, 6.07) is 5.94. The molecule has 1 fully saturated rings. The summed E-state index contributed by atoms with van der Waals surface area (Å²) in [5, 5.41) is 7.66. The standard InChI is InChI=1S/C18H19N3O4/c1-10-5-6-14-13(8-10)11(2)15(24-14)16-20-18(25-21-16)17(22)19-9-12-4-3-7-23-12/h5-6,8,12H,3-4,7,9H2,1-2H3,(H,19,22)/t12-/m1/s1. The van der Waals surface area contributed by atoms with Crippen LogP contribution in [-0.2, 0) is 4.74 Å². The van der Waals surface area contributed by atoms with E-state index < -0.39 is 5.91 Å². The Hall–Kier alpha value is -2.67. The fourth-order valence-corrected chi connectivity index (χ4v) is 3.04. The number of nitrogens with one attached hydrogen (secondary N) is 1. The number of furan rings is 1. The van der Waals surface area contributed by atoms with Crippen molar-refractivity contribution >= 4 is 16.9 Å². The van der Waals surface area contributed by atoms with Gasteiger partial charge in [0.15, 0.2) is 5.76 Å². The predicted octanol–water partition coefficient (Wildman–Crippen LogP) is 3.01.